The van der Waals surface area contributed by atoms with Crippen LogP contribution < -0.4 is 10.1 Å². The van der Waals surface area contributed by atoms with Crippen LogP contribution in [0.4, 0.5) is 0 Å². The average molecular weight is 297 g/mol. The molecule has 0 aliphatic rings. The van der Waals surface area contributed by atoms with E-state index in [1.54, 1.807) is 0 Å². The van der Waals surface area contributed by atoms with E-state index >= 15 is 0 Å². The minimum absolute atomic E-state index is 0.00483. The Bertz CT molecular complexity index is 567. The molecule has 0 aliphatic heterocycles. The fourth-order valence-corrected chi connectivity index (χ4v) is 2.16. The molecule has 0 aromatic heterocycles. The van der Waals surface area contributed by atoms with Crippen molar-refractivity contribution in [3.63, 3.8) is 0 Å². The summed E-state index contributed by atoms with van der Waals surface area (Å²) in [5.74, 6) is 0.920. The Hall–Kier alpha value is -2.29. The van der Waals surface area contributed by atoms with Crippen molar-refractivity contribution in [1.82, 2.24) is 5.32 Å². The fourth-order valence-electron chi connectivity index (χ4n) is 2.16. The maximum Gasteiger partial charge on any atom is 0.222 e. The van der Waals surface area contributed by atoms with E-state index in [1.165, 1.54) is 0 Å². The number of amides is 1. The zero-order chi connectivity index (χ0) is 15.8. The summed E-state index contributed by atoms with van der Waals surface area (Å²) in [6, 6.07) is 19.9. The summed E-state index contributed by atoms with van der Waals surface area (Å²) in [5, 5.41) is 2.95. The number of carbonyl (C=O) groups is 1. The Morgan fingerprint density at radius 1 is 1.00 bits per heavy atom. The highest BCUT2D eigenvalue weighted by atomic mass is 16.5. The fraction of sp³-hybridized carbons (Fsp3) is 0.316. The topological polar surface area (TPSA) is 38.3 Å². The van der Waals surface area contributed by atoms with E-state index < -0.39 is 0 Å². The molecule has 0 spiro atoms. The second-order valence-corrected chi connectivity index (χ2v) is 5.56. The lowest BCUT2D eigenvalue weighted by Gasteiger charge is -2.20. The van der Waals surface area contributed by atoms with E-state index in [9.17, 15) is 4.79 Å². The normalized spacial score (nSPS) is 12.0. The molecular weight excluding hydrogens is 274 g/mol. The average Bonchev–Trinajstić information content (AvgIpc) is 2.55. The van der Waals surface area contributed by atoms with Gasteiger partial charge in [-0.3, -0.25) is 4.79 Å². The Balaban J connectivity index is 2.01. The second-order valence-electron chi connectivity index (χ2n) is 5.56. The van der Waals surface area contributed by atoms with Gasteiger partial charge < -0.3 is 10.1 Å². The molecule has 0 unspecified atom stereocenters. The molecule has 0 radical (unpaired) electrons. The third kappa shape index (κ3) is 4.92. The summed E-state index contributed by atoms with van der Waals surface area (Å²) >= 11 is 0. The first-order valence-corrected chi connectivity index (χ1v) is 7.71. The van der Waals surface area contributed by atoms with Gasteiger partial charge in [0.05, 0.1) is 0 Å². The lowest BCUT2D eigenvalue weighted by molar-refractivity contribution is -0.124. The van der Waals surface area contributed by atoms with E-state index in [1.807, 2.05) is 62.4 Å². The van der Waals surface area contributed by atoms with Gasteiger partial charge in [0.1, 0.15) is 11.9 Å². The van der Waals surface area contributed by atoms with Crippen LogP contribution in [0.1, 0.15) is 31.9 Å². The molecule has 0 heterocycles. The van der Waals surface area contributed by atoms with Crippen LogP contribution >= 0.6 is 0 Å². The number of benzene rings is 2. The summed E-state index contributed by atoms with van der Waals surface area (Å²) < 4.78 is 6.09. The highest BCUT2D eigenvalue weighted by Gasteiger charge is 2.14. The standard InChI is InChI=1S/C19H23NO2/c1-15(2)19(21)20-14-13-18(16-9-5-3-6-10-16)22-17-11-7-4-8-12-17/h3-12,15,18H,13-14H2,1-2H3,(H,20,21)/t18-/m1/s1. The summed E-state index contributed by atoms with van der Waals surface area (Å²) in [7, 11) is 0. The molecule has 0 aliphatic carbocycles. The van der Waals surface area contributed by atoms with Crippen LogP contribution in [-0.2, 0) is 4.79 Å². The molecule has 116 valence electrons. The van der Waals surface area contributed by atoms with Crippen LogP contribution in [0.2, 0.25) is 0 Å². The number of carbonyl (C=O) groups excluding carboxylic acids is 1. The lowest BCUT2D eigenvalue weighted by atomic mass is 10.1. The first-order valence-electron chi connectivity index (χ1n) is 7.71. The molecule has 2 aromatic rings. The number of hydrogen-bond donors (Lipinski definition) is 1. The Morgan fingerprint density at radius 2 is 1.59 bits per heavy atom. The van der Waals surface area contributed by atoms with Crippen molar-refractivity contribution in [2.24, 2.45) is 5.92 Å². The zero-order valence-corrected chi connectivity index (χ0v) is 13.2. The molecule has 3 nitrogen and oxygen atoms in total. The monoisotopic (exact) mass is 297 g/mol. The first-order chi connectivity index (χ1) is 10.7. The molecule has 1 atom stereocenters. The zero-order valence-electron chi connectivity index (χ0n) is 13.2. The number of ether oxygens (including phenoxy) is 1. The van der Waals surface area contributed by atoms with Gasteiger partial charge in [-0.05, 0) is 17.7 Å². The van der Waals surface area contributed by atoms with Crippen LogP contribution in [0.15, 0.2) is 60.7 Å². The molecule has 2 aromatic carbocycles. The van der Waals surface area contributed by atoms with Gasteiger partial charge in [-0.25, -0.2) is 0 Å². The van der Waals surface area contributed by atoms with Crippen molar-refractivity contribution in [2.45, 2.75) is 26.4 Å². The van der Waals surface area contributed by atoms with Gasteiger partial charge in [0.2, 0.25) is 5.91 Å². The first kappa shape index (κ1) is 16.1. The van der Waals surface area contributed by atoms with Crippen molar-refractivity contribution in [3.05, 3.63) is 66.2 Å². The van der Waals surface area contributed by atoms with Crippen LogP contribution in [0.25, 0.3) is 0 Å². The van der Waals surface area contributed by atoms with E-state index in [4.69, 9.17) is 4.74 Å². The van der Waals surface area contributed by atoms with Gasteiger partial charge in [0.15, 0.2) is 0 Å². The number of para-hydroxylation sites is 1. The maximum atomic E-state index is 11.7. The van der Waals surface area contributed by atoms with Gasteiger partial charge in [-0.2, -0.15) is 0 Å². The van der Waals surface area contributed by atoms with E-state index in [0.29, 0.717) is 6.54 Å². The van der Waals surface area contributed by atoms with Crippen molar-refractivity contribution in [3.8, 4) is 5.75 Å². The minimum Gasteiger partial charge on any atom is -0.486 e. The van der Waals surface area contributed by atoms with Crippen LogP contribution in [0, 0.1) is 5.92 Å². The molecule has 0 saturated carbocycles. The van der Waals surface area contributed by atoms with Gasteiger partial charge in [-0.1, -0.05) is 62.4 Å². The van der Waals surface area contributed by atoms with Gasteiger partial charge in [0.25, 0.3) is 0 Å². The predicted molar refractivity (Wildman–Crippen MR) is 88.7 cm³/mol. The molecule has 1 N–H and O–H groups in total. The summed E-state index contributed by atoms with van der Waals surface area (Å²) in [4.78, 5) is 11.7. The van der Waals surface area contributed by atoms with E-state index in [-0.39, 0.29) is 17.9 Å². The van der Waals surface area contributed by atoms with E-state index in [0.717, 1.165) is 17.7 Å². The van der Waals surface area contributed by atoms with Crippen molar-refractivity contribution in [2.75, 3.05) is 6.54 Å². The SMILES string of the molecule is CC(C)C(=O)NCC[C@@H](Oc1ccccc1)c1ccccc1. The van der Waals surface area contributed by atoms with Crippen molar-refractivity contribution >= 4 is 5.91 Å². The predicted octanol–water partition coefficient (Wildman–Crippen LogP) is 3.97. The summed E-state index contributed by atoms with van der Waals surface area (Å²) in [6.45, 7) is 4.39. The molecule has 0 bridgehead atoms. The summed E-state index contributed by atoms with van der Waals surface area (Å²) in [5.41, 5.74) is 1.12. The lowest BCUT2D eigenvalue weighted by Crippen LogP contribution is -2.30. The third-order valence-electron chi connectivity index (χ3n) is 3.42. The Labute approximate surface area is 132 Å². The maximum absolute atomic E-state index is 11.7. The Morgan fingerprint density at radius 3 is 2.18 bits per heavy atom. The number of hydrogen-bond acceptors (Lipinski definition) is 2. The second kappa shape index (κ2) is 8.23. The molecule has 0 saturated heterocycles. The Kier molecular flexibility index (Phi) is 6.01. The molecule has 3 heteroatoms. The molecule has 2 rings (SSSR count). The quantitative estimate of drug-likeness (QED) is 0.840. The van der Waals surface area contributed by atoms with E-state index in [2.05, 4.69) is 17.4 Å². The van der Waals surface area contributed by atoms with Crippen molar-refractivity contribution < 1.29 is 9.53 Å². The highest BCUT2D eigenvalue weighted by molar-refractivity contribution is 5.77. The van der Waals surface area contributed by atoms with Crippen LogP contribution in [0.5, 0.6) is 5.75 Å². The van der Waals surface area contributed by atoms with Crippen LogP contribution in [0.3, 0.4) is 0 Å². The number of nitrogens with one attached hydrogen (secondary N) is 1. The van der Waals surface area contributed by atoms with Gasteiger partial charge in [0, 0.05) is 18.9 Å². The van der Waals surface area contributed by atoms with Crippen LogP contribution in [-0.4, -0.2) is 12.5 Å². The third-order valence-corrected chi connectivity index (χ3v) is 3.42. The minimum atomic E-state index is -0.0731. The van der Waals surface area contributed by atoms with Crippen molar-refractivity contribution in [1.29, 1.82) is 0 Å². The van der Waals surface area contributed by atoms with Gasteiger partial charge >= 0.3 is 0 Å². The summed E-state index contributed by atoms with van der Waals surface area (Å²) in [6.07, 6.45) is 0.660. The molecule has 1 amide bonds. The highest BCUT2D eigenvalue weighted by Crippen LogP contribution is 2.24. The number of rotatable bonds is 7. The molecule has 22 heavy (non-hydrogen) atoms. The molecular formula is C19H23NO2. The van der Waals surface area contributed by atoms with Gasteiger partial charge in [-0.15, -0.1) is 0 Å². The largest absolute Gasteiger partial charge is 0.486 e. The molecule has 0 fully saturated rings. The smallest absolute Gasteiger partial charge is 0.222 e.